The predicted molar refractivity (Wildman–Crippen MR) is 53.4 cm³/mol. The highest BCUT2D eigenvalue weighted by molar-refractivity contribution is 8.77. The predicted octanol–water partition coefficient (Wildman–Crippen LogP) is -0.575. The van der Waals surface area contributed by atoms with E-state index in [0.29, 0.717) is 12.8 Å². The van der Waals surface area contributed by atoms with Crippen LogP contribution in [0.1, 0.15) is 26.7 Å². The van der Waals surface area contributed by atoms with Crippen LogP contribution in [0.2, 0.25) is 0 Å². The minimum absolute atomic E-state index is 0.420. The molecule has 0 aliphatic heterocycles. The van der Waals surface area contributed by atoms with Gasteiger partial charge in [0.05, 0.1) is 22.4 Å². The van der Waals surface area contributed by atoms with E-state index in [-0.39, 0.29) is 0 Å². The summed E-state index contributed by atoms with van der Waals surface area (Å²) < 4.78 is 0. The van der Waals surface area contributed by atoms with Crippen molar-refractivity contribution in [2.45, 2.75) is 37.2 Å². The third-order valence-electron chi connectivity index (χ3n) is 1.56. The Hall–Kier alpha value is -0.360. The zero-order valence-electron chi connectivity index (χ0n) is 8.02. The van der Waals surface area contributed by atoms with Gasteiger partial charge in [-0.15, -0.1) is 0 Å². The Morgan fingerprint density at radius 3 is 1.43 bits per heavy atom. The van der Waals surface area contributed by atoms with Crippen molar-refractivity contribution in [1.29, 1.82) is 0 Å². The number of hydrogen-bond acceptors (Lipinski definition) is 6. The lowest BCUT2D eigenvalue weighted by Gasteiger charge is -2.19. The number of carboxylic acids is 2. The second-order valence-corrected chi connectivity index (χ2v) is 5.30. The van der Waals surface area contributed by atoms with Gasteiger partial charge in [-0.3, -0.25) is 0 Å². The Balaban J connectivity index is 4.00. The van der Waals surface area contributed by atoms with Crippen LogP contribution in [-0.2, 0) is 9.59 Å². The van der Waals surface area contributed by atoms with Gasteiger partial charge in [-0.05, 0) is 12.8 Å². The highest BCUT2D eigenvalue weighted by Gasteiger charge is 2.13. The summed E-state index contributed by atoms with van der Waals surface area (Å²) in [6.45, 7) is 3.43. The largest absolute Gasteiger partial charge is 0.549 e. The van der Waals surface area contributed by atoms with E-state index >= 15 is 0 Å². The van der Waals surface area contributed by atoms with E-state index in [9.17, 15) is 19.8 Å². The van der Waals surface area contributed by atoms with E-state index in [2.05, 4.69) is 0 Å². The fourth-order valence-electron chi connectivity index (χ4n) is 0.682. The molecule has 0 saturated heterocycles. The summed E-state index contributed by atoms with van der Waals surface area (Å²) in [4.78, 5) is 21.0. The van der Waals surface area contributed by atoms with E-state index in [1.165, 1.54) is 0 Å². The molecule has 0 aromatic heterocycles. The van der Waals surface area contributed by atoms with Gasteiger partial charge in [0.15, 0.2) is 0 Å². The lowest BCUT2D eigenvalue weighted by Crippen LogP contribution is -2.35. The van der Waals surface area contributed by atoms with Crippen LogP contribution in [0.15, 0.2) is 0 Å². The molecule has 0 bridgehead atoms. The molecule has 14 heavy (non-hydrogen) atoms. The lowest BCUT2D eigenvalue weighted by molar-refractivity contribution is -0.306. The van der Waals surface area contributed by atoms with Crippen LogP contribution in [0.5, 0.6) is 0 Å². The van der Waals surface area contributed by atoms with E-state index < -0.39 is 22.4 Å². The van der Waals surface area contributed by atoms with Crippen molar-refractivity contribution in [3.8, 4) is 0 Å². The monoisotopic (exact) mass is 236 g/mol. The fourth-order valence-corrected chi connectivity index (χ4v) is 3.47. The molecule has 0 heterocycles. The molecule has 4 nitrogen and oxygen atoms in total. The molecule has 0 amide bonds. The van der Waals surface area contributed by atoms with Crippen molar-refractivity contribution < 1.29 is 19.8 Å². The van der Waals surface area contributed by atoms with E-state index in [1.807, 2.05) is 0 Å². The summed E-state index contributed by atoms with van der Waals surface area (Å²) in [6, 6.07) is 0. The molecule has 0 radical (unpaired) electrons. The van der Waals surface area contributed by atoms with Gasteiger partial charge in [-0.2, -0.15) is 0 Å². The minimum Gasteiger partial charge on any atom is -0.549 e. The SMILES string of the molecule is CCC(SSC(CC)C(=O)[O-])C(=O)[O-]. The zero-order valence-corrected chi connectivity index (χ0v) is 9.65. The van der Waals surface area contributed by atoms with Crippen molar-refractivity contribution in [2.75, 3.05) is 0 Å². The van der Waals surface area contributed by atoms with Gasteiger partial charge in [0.25, 0.3) is 0 Å². The Bertz CT molecular complexity index is 186. The van der Waals surface area contributed by atoms with Crippen molar-refractivity contribution >= 4 is 33.5 Å². The topological polar surface area (TPSA) is 80.3 Å². The van der Waals surface area contributed by atoms with Crippen molar-refractivity contribution in [2.24, 2.45) is 0 Å². The van der Waals surface area contributed by atoms with Crippen LogP contribution < -0.4 is 10.2 Å². The van der Waals surface area contributed by atoms with Gasteiger partial charge in [0.1, 0.15) is 0 Å². The van der Waals surface area contributed by atoms with Crippen LogP contribution in [0, 0.1) is 0 Å². The molecule has 0 fully saturated rings. The molecule has 0 aliphatic carbocycles. The average Bonchev–Trinajstić information content (AvgIpc) is 2.11. The van der Waals surface area contributed by atoms with Crippen LogP contribution in [0.3, 0.4) is 0 Å². The number of rotatable bonds is 7. The maximum absolute atomic E-state index is 10.5. The summed E-state index contributed by atoms with van der Waals surface area (Å²) in [6.07, 6.45) is 0.840. The van der Waals surface area contributed by atoms with E-state index in [1.54, 1.807) is 13.8 Å². The molecular weight excluding hydrogens is 224 g/mol. The highest BCUT2D eigenvalue weighted by atomic mass is 33.1. The lowest BCUT2D eigenvalue weighted by atomic mass is 10.3. The second kappa shape index (κ2) is 7.00. The maximum atomic E-state index is 10.5. The summed E-state index contributed by atoms with van der Waals surface area (Å²) in [7, 11) is 2.05. The van der Waals surface area contributed by atoms with Gasteiger partial charge in [0, 0.05) is 0 Å². The van der Waals surface area contributed by atoms with E-state index in [0.717, 1.165) is 21.6 Å². The van der Waals surface area contributed by atoms with E-state index in [4.69, 9.17) is 0 Å². The van der Waals surface area contributed by atoms with Crippen molar-refractivity contribution in [1.82, 2.24) is 0 Å². The first-order valence-corrected chi connectivity index (χ1v) is 6.54. The van der Waals surface area contributed by atoms with Gasteiger partial charge in [0.2, 0.25) is 0 Å². The Labute approximate surface area is 90.9 Å². The van der Waals surface area contributed by atoms with Gasteiger partial charge in [-0.25, -0.2) is 0 Å². The molecular formula is C8H12O4S2-2. The standard InChI is InChI=1S/C8H14O4S2/c1-3-5(7(9)10)13-14-6(4-2)8(11)12/h5-6H,3-4H2,1-2H3,(H,9,10)(H,11,12)/p-2. The Kier molecular flexibility index (Phi) is 6.82. The smallest absolute Gasteiger partial charge is 0.0553 e. The number of carbonyl (C=O) groups is 2. The molecule has 82 valence electrons. The van der Waals surface area contributed by atoms with Crippen molar-refractivity contribution in [3.63, 3.8) is 0 Å². The fraction of sp³-hybridized carbons (Fsp3) is 0.750. The number of carbonyl (C=O) groups excluding carboxylic acids is 2. The van der Waals surface area contributed by atoms with Crippen LogP contribution >= 0.6 is 21.6 Å². The molecule has 0 rings (SSSR count). The summed E-state index contributed by atoms with van der Waals surface area (Å²) >= 11 is 0. The Morgan fingerprint density at radius 1 is 1.00 bits per heavy atom. The van der Waals surface area contributed by atoms with Gasteiger partial charge >= 0.3 is 0 Å². The quantitative estimate of drug-likeness (QED) is 0.550. The third-order valence-corrected chi connectivity index (χ3v) is 4.91. The first kappa shape index (κ1) is 13.6. The summed E-state index contributed by atoms with van der Waals surface area (Å²) in [5, 5.41) is 19.7. The molecule has 2 unspecified atom stereocenters. The maximum Gasteiger partial charge on any atom is 0.0553 e. The van der Waals surface area contributed by atoms with Gasteiger partial charge < -0.3 is 19.8 Å². The zero-order chi connectivity index (χ0) is 11.1. The van der Waals surface area contributed by atoms with Crippen LogP contribution in [0.25, 0.3) is 0 Å². The van der Waals surface area contributed by atoms with Gasteiger partial charge in [-0.1, -0.05) is 35.4 Å². The molecule has 0 aromatic rings. The second-order valence-electron chi connectivity index (χ2n) is 2.62. The molecule has 6 heteroatoms. The first-order chi connectivity index (χ1) is 6.52. The molecule has 0 spiro atoms. The summed E-state index contributed by atoms with van der Waals surface area (Å²) in [5.74, 6) is -2.31. The normalized spacial score (nSPS) is 14.7. The highest BCUT2D eigenvalue weighted by Crippen LogP contribution is 2.33. The Morgan fingerprint density at radius 2 is 1.29 bits per heavy atom. The molecule has 0 N–H and O–H groups in total. The third kappa shape index (κ3) is 4.76. The minimum atomic E-state index is -1.15. The number of aliphatic carboxylic acids is 2. The molecule has 0 aliphatic rings. The summed E-state index contributed by atoms with van der Waals surface area (Å²) in [5.41, 5.74) is 0. The average molecular weight is 236 g/mol. The molecule has 0 aromatic carbocycles. The van der Waals surface area contributed by atoms with Crippen LogP contribution in [0.4, 0.5) is 0 Å². The number of carboxylic acid groups (broad SMARTS) is 2. The van der Waals surface area contributed by atoms with Crippen LogP contribution in [-0.4, -0.2) is 22.4 Å². The van der Waals surface area contributed by atoms with Crippen molar-refractivity contribution in [3.05, 3.63) is 0 Å². The first-order valence-electron chi connectivity index (χ1n) is 4.26. The molecule has 2 atom stereocenters. The number of hydrogen-bond donors (Lipinski definition) is 0. The molecule has 0 saturated carbocycles.